The van der Waals surface area contributed by atoms with Gasteiger partial charge in [0.15, 0.2) is 0 Å². The number of nitrogens with one attached hydrogen (secondary N) is 3. The van der Waals surface area contributed by atoms with Gasteiger partial charge in [0.25, 0.3) is 5.91 Å². The molecule has 0 fully saturated rings. The summed E-state index contributed by atoms with van der Waals surface area (Å²) in [5.74, 6) is -1.87. The van der Waals surface area contributed by atoms with E-state index in [0.29, 0.717) is 39.8 Å². The predicted octanol–water partition coefficient (Wildman–Crippen LogP) is 4.90. The number of carbonyl (C=O) groups excluding carboxylic acids is 2. The highest BCUT2D eigenvalue weighted by atomic mass is 35.5. The fourth-order valence-corrected chi connectivity index (χ4v) is 4.49. The van der Waals surface area contributed by atoms with Gasteiger partial charge in [-0.2, -0.15) is 5.10 Å². The Balaban J connectivity index is 1.83. The summed E-state index contributed by atoms with van der Waals surface area (Å²) in [5.41, 5.74) is 3.28. The molecule has 0 aliphatic rings. The number of fused-ring (bicyclic) bond motifs is 1. The number of amides is 2. The lowest BCUT2D eigenvalue weighted by Crippen LogP contribution is -2.24. The maximum atomic E-state index is 13.8. The topological polar surface area (TPSA) is 109 Å². The molecular weight excluding hydrogens is 511 g/mol. The van der Waals surface area contributed by atoms with Crippen molar-refractivity contribution in [2.24, 2.45) is 0 Å². The van der Waals surface area contributed by atoms with Gasteiger partial charge >= 0.3 is 0 Å². The normalized spacial score (nSPS) is 12.8. The number of hydrogen-bond acceptors (Lipinski definition) is 5. The van der Waals surface area contributed by atoms with Gasteiger partial charge in [0.2, 0.25) is 6.41 Å². The number of rotatable bonds is 9. The Morgan fingerprint density at radius 3 is 2.67 bits per heavy atom. The second kappa shape index (κ2) is 11.1. The molecule has 2 aromatic heterocycles. The largest absolute Gasteiger partial charge is 0.350 e. The van der Waals surface area contributed by atoms with Gasteiger partial charge in [-0.25, -0.2) is 13.8 Å². The molecule has 12 heteroatoms. The van der Waals surface area contributed by atoms with Crippen molar-refractivity contribution in [3.8, 4) is 11.1 Å². The van der Waals surface area contributed by atoms with Crippen molar-refractivity contribution in [3.05, 3.63) is 82.1 Å². The van der Waals surface area contributed by atoms with Crippen LogP contribution < -0.4 is 10.4 Å². The Labute approximate surface area is 211 Å². The summed E-state index contributed by atoms with van der Waals surface area (Å²) in [6.45, 7) is 1.74. The Bertz CT molecular complexity index is 1410. The van der Waals surface area contributed by atoms with Gasteiger partial charge in [0.05, 0.1) is 34.0 Å². The molecule has 0 aliphatic carbocycles. The summed E-state index contributed by atoms with van der Waals surface area (Å²) < 4.78 is 32.8. The van der Waals surface area contributed by atoms with E-state index >= 15 is 0 Å². The van der Waals surface area contributed by atoms with Gasteiger partial charge in [-0.15, -0.1) is 0 Å². The quantitative estimate of drug-likeness (QED) is 0.210. The van der Waals surface area contributed by atoms with Gasteiger partial charge in [0.1, 0.15) is 25.5 Å². The lowest BCUT2D eigenvalue weighted by molar-refractivity contribution is -0.110. The lowest BCUT2D eigenvalue weighted by Gasteiger charge is -2.20. The number of halogens is 3. The number of H-pyrrole nitrogens is 1. The van der Waals surface area contributed by atoms with Crippen LogP contribution in [0.25, 0.3) is 22.2 Å². The average molecular weight is 532 g/mol. The average Bonchev–Trinajstić information content (AvgIpc) is 3.30. The molecule has 0 saturated carbocycles. The molecule has 0 bridgehead atoms. The predicted molar refractivity (Wildman–Crippen MR) is 134 cm³/mol. The summed E-state index contributed by atoms with van der Waals surface area (Å²) in [6, 6.07) is 9.11. The van der Waals surface area contributed by atoms with Gasteiger partial charge < -0.3 is 14.9 Å². The minimum absolute atomic E-state index is 0.0612. The molecule has 0 radical (unpaired) electrons. The number of benzene rings is 2. The molecule has 0 aliphatic heterocycles. The molecule has 3 N–H and O–H groups in total. The molecule has 4 aromatic rings. The van der Waals surface area contributed by atoms with Crippen molar-refractivity contribution < 1.29 is 22.9 Å². The van der Waals surface area contributed by atoms with E-state index in [4.69, 9.17) is 16.1 Å². The maximum Gasteiger partial charge on any atom is 0.257 e. The van der Waals surface area contributed by atoms with Crippen LogP contribution in [0, 0.1) is 11.6 Å². The summed E-state index contributed by atoms with van der Waals surface area (Å²) in [5, 5.41) is 12.6. The Hall–Kier alpha value is -3.46. The highest BCUT2D eigenvalue weighted by Crippen LogP contribution is 2.34. The molecule has 2 aromatic carbocycles. The third kappa shape index (κ3) is 5.67. The standard InChI is InChI=1S/C24H21ClF2N5O3P/c1-35-36(2)32-24(34)18-8-14(3-4-19(18)25)17-10-20-22(11-29-31-20)30-23(17)21(28-12-33)7-13-5-15(26)9-16(27)6-13/h3-6,8-12,21H,7H2,1-2H3,(H,28,33)(H,29,31)(H,32,34). The minimum atomic E-state index is -1.18. The highest BCUT2D eigenvalue weighted by Gasteiger charge is 2.22. The number of pyridine rings is 1. The van der Waals surface area contributed by atoms with Crippen molar-refractivity contribution in [2.75, 3.05) is 13.8 Å². The number of aromatic nitrogens is 3. The SMILES string of the molecule is COP(C)NC(=O)c1cc(-c2cc3[nH]ncc3nc2C(Cc2cc(F)cc(F)c2)NC=O)ccc1Cl. The molecule has 2 amide bonds. The van der Waals surface area contributed by atoms with Crippen molar-refractivity contribution >= 4 is 43.3 Å². The van der Waals surface area contributed by atoms with Crippen LogP contribution in [0.3, 0.4) is 0 Å². The maximum absolute atomic E-state index is 13.8. The molecule has 36 heavy (non-hydrogen) atoms. The van der Waals surface area contributed by atoms with E-state index in [2.05, 4.69) is 25.6 Å². The zero-order valence-corrected chi connectivity index (χ0v) is 20.8. The summed E-state index contributed by atoms with van der Waals surface area (Å²) in [4.78, 5) is 29.0. The van der Waals surface area contributed by atoms with Gasteiger partial charge in [-0.1, -0.05) is 17.7 Å². The van der Waals surface area contributed by atoms with Crippen LogP contribution in [0.4, 0.5) is 8.78 Å². The molecule has 2 atom stereocenters. The van der Waals surface area contributed by atoms with Crippen LogP contribution in [-0.4, -0.2) is 41.3 Å². The fourth-order valence-electron chi connectivity index (χ4n) is 3.79. The van der Waals surface area contributed by atoms with Crippen molar-refractivity contribution in [1.82, 2.24) is 25.6 Å². The third-order valence-electron chi connectivity index (χ3n) is 5.47. The van der Waals surface area contributed by atoms with Crippen LogP contribution in [0.1, 0.15) is 27.7 Å². The van der Waals surface area contributed by atoms with Crippen LogP contribution in [0.5, 0.6) is 0 Å². The summed E-state index contributed by atoms with van der Waals surface area (Å²) in [6.07, 6.45) is 2.09. The Morgan fingerprint density at radius 2 is 1.97 bits per heavy atom. The van der Waals surface area contributed by atoms with E-state index in [1.807, 2.05) is 0 Å². The van der Waals surface area contributed by atoms with Crippen LogP contribution >= 0.6 is 19.9 Å². The monoisotopic (exact) mass is 531 g/mol. The number of aromatic amines is 1. The zero-order chi connectivity index (χ0) is 25.8. The van der Waals surface area contributed by atoms with Crippen molar-refractivity contribution in [1.29, 1.82) is 0 Å². The highest BCUT2D eigenvalue weighted by molar-refractivity contribution is 7.50. The smallest absolute Gasteiger partial charge is 0.257 e. The molecular formula is C24H21ClF2N5O3P. The van der Waals surface area contributed by atoms with E-state index in [9.17, 15) is 18.4 Å². The first-order chi connectivity index (χ1) is 17.3. The van der Waals surface area contributed by atoms with Crippen molar-refractivity contribution in [3.63, 3.8) is 0 Å². The number of carbonyl (C=O) groups is 2. The Morgan fingerprint density at radius 1 is 1.22 bits per heavy atom. The lowest BCUT2D eigenvalue weighted by atomic mass is 9.94. The van der Waals surface area contributed by atoms with E-state index in [1.54, 1.807) is 30.9 Å². The van der Waals surface area contributed by atoms with Gasteiger partial charge in [-0.05, 0) is 54.5 Å². The fraction of sp³-hybridized carbons (Fsp3) is 0.167. The van der Waals surface area contributed by atoms with E-state index in [0.717, 1.165) is 6.07 Å². The van der Waals surface area contributed by atoms with E-state index in [1.165, 1.54) is 25.4 Å². The first-order valence-corrected chi connectivity index (χ1v) is 12.7. The number of hydrogen-bond donors (Lipinski definition) is 3. The third-order valence-corrected chi connectivity index (χ3v) is 6.86. The van der Waals surface area contributed by atoms with Crippen LogP contribution in [0.15, 0.2) is 48.7 Å². The first-order valence-electron chi connectivity index (χ1n) is 10.7. The second-order valence-corrected chi connectivity index (χ2v) is 9.85. The number of nitrogens with zero attached hydrogens (tertiary/aromatic N) is 2. The van der Waals surface area contributed by atoms with Crippen molar-refractivity contribution in [2.45, 2.75) is 12.5 Å². The molecule has 186 valence electrons. The zero-order valence-electron chi connectivity index (χ0n) is 19.2. The molecule has 0 spiro atoms. The molecule has 8 nitrogen and oxygen atoms in total. The first kappa shape index (κ1) is 25.6. The second-order valence-electron chi connectivity index (χ2n) is 7.86. The molecule has 4 rings (SSSR count). The summed E-state index contributed by atoms with van der Waals surface area (Å²) in [7, 11) is 0.308. The summed E-state index contributed by atoms with van der Waals surface area (Å²) >= 11 is 6.32. The molecule has 2 heterocycles. The molecule has 2 unspecified atom stereocenters. The molecule has 0 saturated heterocycles. The minimum Gasteiger partial charge on any atom is -0.350 e. The van der Waals surface area contributed by atoms with E-state index < -0.39 is 31.9 Å². The Kier molecular flexibility index (Phi) is 7.88. The van der Waals surface area contributed by atoms with E-state index in [-0.39, 0.29) is 17.0 Å². The van der Waals surface area contributed by atoms with Crippen LogP contribution in [0.2, 0.25) is 5.02 Å². The van der Waals surface area contributed by atoms with Gasteiger partial charge in [-0.3, -0.25) is 14.7 Å². The van der Waals surface area contributed by atoms with Crippen LogP contribution in [-0.2, 0) is 15.7 Å². The van der Waals surface area contributed by atoms with Gasteiger partial charge in [0, 0.05) is 18.7 Å².